The molecule has 5 aliphatic rings. The van der Waals surface area contributed by atoms with Crippen LogP contribution in [-0.2, 0) is 19.0 Å². The maximum atomic E-state index is 12.1. The maximum Gasteiger partial charge on any atom is 2.00 e. The summed E-state index contributed by atoms with van der Waals surface area (Å²) in [6.45, 7) is 14.4. The molecule has 45 heavy (non-hydrogen) atoms. The van der Waals surface area contributed by atoms with Gasteiger partial charge in [0, 0.05) is 26.3 Å². The molecule has 1 unspecified atom stereocenters. The van der Waals surface area contributed by atoms with Gasteiger partial charge in [-0.05, 0) is 98.8 Å². The molecular formula is C32H61BrMgN2O7S2. The summed E-state index contributed by atoms with van der Waals surface area (Å²) in [5.41, 5.74) is -0.960. The fraction of sp³-hybridized carbons (Fsp3) is 0.875. The van der Waals surface area contributed by atoms with Crippen molar-refractivity contribution in [2.24, 2.45) is 5.92 Å². The van der Waals surface area contributed by atoms with Gasteiger partial charge < -0.3 is 52.4 Å². The number of nitrogens with zero attached hydrogens (tertiary/aromatic N) is 2. The number of rotatable bonds is 3. The molecule has 2 aliphatic carbocycles. The van der Waals surface area contributed by atoms with Crippen LogP contribution in [0.4, 0.5) is 9.59 Å². The summed E-state index contributed by atoms with van der Waals surface area (Å²) in [7, 11) is 0. The average molecular weight is 754 g/mol. The van der Waals surface area contributed by atoms with E-state index in [2.05, 4.69) is 6.42 Å². The number of aldehydes is 1. The van der Waals surface area contributed by atoms with E-state index in [9.17, 15) is 19.5 Å². The molecule has 0 radical (unpaired) electrons. The number of amides is 2. The standard InChI is InChI=1S/C14H25NO3.C10H17NO3.C4H8O.C4H7.BrH.Mg.2H2S/c1-14(2,3)18-13(17)15-9-5-8-11(15)12(16)10-6-4-7-10;1-10(2,3)14-9(13)11-6-4-5-8(11)7-12;1-2-4-5-3-1;1-2-4-3-1;;;;/h10-12,16H,4-9H2,1-3H3;7-8H,4-6H2,1-3H3;1-4H2;1H,2-4H2;1H;;2*1H2/q;;;-1;;+2;;/p-1/t11-,12?;8-;;;;;;/m00....../s1. The summed E-state index contributed by atoms with van der Waals surface area (Å²) in [6, 6.07) is -0.324. The summed E-state index contributed by atoms with van der Waals surface area (Å²) < 4.78 is 15.5. The third-order valence-corrected chi connectivity index (χ3v) is 7.68. The number of hydrogen-bond donors (Lipinski definition) is 1. The quantitative estimate of drug-likeness (QED) is 0.269. The van der Waals surface area contributed by atoms with E-state index in [-0.39, 0.29) is 97.4 Å². The SMILES string of the molecule is C1CCOC1.CC(C)(C)OC(=O)N1CCC[C@H]1C(O)C1CCC1.CC(C)(C)OC(=O)N1CCC[C@H]1C=O.S.S.[Br-].[CH-]1CCC1.[Mg+2]. The molecule has 0 spiro atoms. The van der Waals surface area contributed by atoms with Crippen molar-refractivity contribution >= 4 is 68.5 Å². The van der Waals surface area contributed by atoms with Crippen molar-refractivity contribution in [3.63, 3.8) is 0 Å². The van der Waals surface area contributed by atoms with Gasteiger partial charge in [-0.2, -0.15) is 39.8 Å². The molecule has 1 N–H and O–H groups in total. The molecule has 0 aromatic heterocycles. The molecule has 3 heterocycles. The summed E-state index contributed by atoms with van der Waals surface area (Å²) in [4.78, 5) is 37.5. The summed E-state index contributed by atoms with van der Waals surface area (Å²) in [5.74, 6) is 0.387. The Labute approximate surface area is 313 Å². The number of aliphatic hydroxyl groups is 1. The minimum Gasteiger partial charge on any atom is -1.00 e. The van der Waals surface area contributed by atoms with Crippen LogP contribution in [0.2, 0.25) is 0 Å². The molecule has 3 saturated heterocycles. The molecule has 0 aromatic rings. The van der Waals surface area contributed by atoms with Gasteiger partial charge in [0.15, 0.2) is 0 Å². The van der Waals surface area contributed by atoms with Gasteiger partial charge in [-0.3, -0.25) is 4.90 Å². The first kappa shape index (κ1) is 49.5. The van der Waals surface area contributed by atoms with Crippen molar-refractivity contribution in [3.05, 3.63) is 6.42 Å². The second-order valence-electron chi connectivity index (χ2n) is 13.6. The number of ether oxygens (including phenoxy) is 3. The van der Waals surface area contributed by atoms with E-state index >= 15 is 0 Å². The van der Waals surface area contributed by atoms with Crippen LogP contribution in [-0.4, -0.2) is 112 Å². The molecule has 262 valence electrons. The van der Waals surface area contributed by atoms with Gasteiger partial charge in [0.2, 0.25) is 0 Å². The van der Waals surface area contributed by atoms with E-state index in [1.807, 2.05) is 41.5 Å². The van der Waals surface area contributed by atoms with E-state index in [0.29, 0.717) is 19.0 Å². The van der Waals surface area contributed by atoms with Crippen LogP contribution < -0.4 is 17.0 Å². The second-order valence-corrected chi connectivity index (χ2v) is 13.6. The number of carbonyl (C=O) groups excluding carboxylic acids is 3. The normalized spacial score (nSPS) is 22.5. The van der Waals surface area contributed by atoms with E-state index < -0.39 is 11.2 Å². The monoisotopic (exact) mass is 752 g/mol. The van der Waals surface area contributed by atoms with Crippen molar-refractivity contribution < 1.29 is 50.7 Å². The molecule has 3 aliphatic heterocycles. The largest absolute Gasteiger partial charge is 2.00 e. The Balaban J connectivity index is -0.000000579. The van der Waals surface area contributed by atoms with Crippen LogP contribution >= 0.6 is 27.0 Å². The molecule has 3 atom stereocenters. The van der Waals surface area contributed by atoms with Gasteiger partial charge in [0.05, 0.1) is 18.2 Å². The topological polar surface area (TPSA) is 106 Å². The molecule has 0 aromatic carbocycles. The fourth-order valence-corrected chi connectivity index (χ4v) is 4.99. The molecule has 5 fully saturated rings. The number of likely N-dealkylation sites (tertiary alicyclic amines) is 2. The van der Waals surface area contributed by atoms with Gasteiger partial charge in [-0.15, -0.1) is 6.42 Å². The Bertz CT molecular complexity index is 794. The Morgan fingerprint density at radius 1 is 0.800 bits per heavy atom. The van der Waals surface area contributed by atoms with E-state index in [0.717, 1.165) is 58.0 Å². The van der Waals surface area contributed by atoms with Crippen molar-refractivity contribution in [1.29, 1.82) is 0 Å². The molecule has 2 amide bonds. The van der Waals surface area contributed by atoms with Crippen LogP contribution in [0.25, 0.3) is 0 Å². The predicted molar refractivity (Wildman–Crippen MR) is 186 cm³/mol. The summed E-state index contributed by atoms with van der Waals surface area (Å²) >= 11 is 0. The van der Waals surface area contributed by atoms with Crippen LogP contribution in [0.3, 0.4) is 0 Å². The number of carbonyl (C=O) groups is 3. The van der Waals surface area contributed by atoms with Crippen LogP contribution in [0.5, 0.6) is 0 Å². The van der Waals surface area contributed by atoms with Crippen molar-refractivity contribution in [1.82, 2.24) is 9.80 Å². The molecule has 9 nitrogen and oxygen atoms in total. The van der Waals surface area contributed by atoms with Gasteiger partial charge in [-0.1, -0.05) is 6.42 Å². The predicted octanol–water partition coefficient (Wildman–Crippen LogP) is 3.15. The van der Waals surface area contributed by atoms with E-state index in [1.54, 1.807) is 4.90 Å². The van der Waals surface area contributed by atoms with E-state index in [4.69, 9.17) is 14.2 Å². The van der Waals surface area contributed by atoms with Crippen LogP contribution in [0.1, 0.15) is 119 Å². The first-order valence-corrected chi connectivity index (χ1v) is 15.8. The first-order valence-electron chi connectivity index (χ1n) is 15.8. The smallest absolute Gasteiger partial charge is 1.00 e. The third kappa shape index (κ3) is 19.6. The number of halogens is 1. The Hall–Kier alpha value is 0.0762. The average Bonchev–Trinajstić information content (AvgIpc) is 3.58. The zero-order valence-electron chi connectivity index (χ0n) is 28.7. The molecular weight excluding hydrogens is 693 g/mol. The van der Waals surface area contributed by atoms with Crippen molar-refractivity contribution in [2.75, 3.05) is 26.3 Å². The summed E-state index contributed by atoms with van der Waals surface area (Å²) in [5, 5.41) is 10.3. The van der Waals surface area contributed by atoms with E-state index in [1.165, 1.54) is 43.4 Å². The van der Waals surface area contributed by atoms with Crippen LogP contribution in [0, 0.1) is 12.3 Å². The van der Waals surface area contributed by atoms with Gasteiger partial charge in [0.1, 0.15) is 17.5 Å². The summed E-state index contributed by atoms with van der Waals surface area (Å²) in [6.07, 6.45) is 15.7. The zero-order valence-corrected chi connectivity index (χ0v) is 33.7. The minimum atomic E-state index is -0.493. The minimum absolute atomic E-state index is 0. The number of aliphatic hydroxyl groups excluding tert-OH is 1. The second kappa shape index (κ2) is 25.1. The molecule has 5 rings (SSSR count). The molecule has 2 saturated carbocycles. The van der Waals surface area contributed by atoms with Crippen molar-refractivity contribution in [2.45, 2.75) is 148 Å². The Morgan fingerprint density at radius 2 is 1.24 bits per heavy atom. The Kier molecular flexibility index (Phi) is 27.6. The van der Waals surface area contributed by atoms with Gasteiger partial charge >= 0.3 is 35.2 Å². The molecule has 0 bridgehead atoms. The fourth-order valence-electron chi connectivity index (χ4n) is 4.99. The molecule has 13 heteroatoms. The number of hydrogen-bond acceptors (Lipinski definition) is 7. The van der Waals surface area contributed by atoms with Crippen LogP contribution in [0.15, 0.2) is 0 Å². The first-order chi connectivity index (χ1) is 19.3. The van der Waals surface area contributed by atoms with Gasteiger partial charge in [0.25, 0.3) is 0 Å². The maximum absolute atomic E-state index is 12.1. The van der Waals surface area contributed by atoms with Gasteiger partial charge in [-0.25, -0.2) is 9.59 Å². The zero-order chi connectivity index (χ0) is 30.5. The van der Waals surface area contributed by atoms with Crippen molar-refractivity contribution in [3.8, 4) is 0 Å². The Morgan fingerprint density at radius 3 is 1.60 bits per heavy atom. The third-order valence-electron chi connectivity index (χ3n) is 7.68.